The third kappa shape index (κ3) is 3.45. The fourth-order valence-corrected chi connectivity index (χ4v) is 3.61. The van der Waals surface area contributed by atoms with Crippen molar-refractivity contribution in [1.82, 2.24) is 0 Å². The molecule has 0 saturated heterocycles. The molecule has 1 aromatic carbocycles. The first-order valence-electron chi connectivity index (χ1n) is 7.18. The summed E-state index contributed by atoms with van der Waals surface area (Å²) < 4.78 is 0. The van der Waals surface area contributed by atoms with E-state index in [1.54, 1.807) is 0 Å². The van der Waals surface area contributed by atoms with Gasteiger partial charge in [-0.1, -0.05) is 43.1 Å². The highest BCUT2D eigenvalue weighted by atomic mass is 35.5. The highest BCUT2D eigenvalue weighted by molar-refractivity contribution is 6.42. The molecule has 2 N–H and O–H groups in total. The second-order valence-corrected chi connectivity index (χ2v) is 6.91. The Kier molecular flexibility index (Phi) is 5.16. The Labute approximate surface area is 126 Å². The maximum Gasteiger partial charge on any atom is 0.0595 e. The fraction of sp³-hybridized carbons (Fsp3) is 0.625. The molecule has 106 valence electrons. The zero-order valence-corrected chi connectivity index (χ0v) is 13.2. The molecule has 3 atom stereocenters. The SMILES string of the molecule is CC(C)C1CCC(CN)C(c2ccc(Cl)c(Cl)c2)C1. The number of nitrogens with two attached hydrogens (primary N) is 1. The summed E-state index contributed by atoms with van der Waals surface area (Å²) in [5.41, 5.74) is 7.26. The van der Waals surface area contributed by atoms with E-state index in [2.05, 4.69) is 19.9 Å². The first-order chi connectivity index (χ1) is 9.02. The Bertz CT molecular complexity index is 431. The predicted molar refractivity (Wildman–Crippen MR) is 83.9 cm³/mol. The number of hydrogen-bond acceptors (Lipinski definition) is 1. The lowest BCUT2D eigenvalue weighted by molar-refractivity contribution is 0.197. The van der Waals surface area contributed by atoms with Crippen molar-refractivity contribution in [2.24, 2.45) is 23.5 Å². The van der Waals surface area contributed by atoms with Crippen LogP contribution in [0.1, 0.15) is 44.6 Å². The van der Waals surface area contributed by atoms with Gasteiger partial charge in [0.1, 0.15) is 0 Å². The van der Waals surface area contributed by atoms with E-state index >= 15 is 0 Å². The summed E-state index contributed by atoms with van der Waals surface area (Å²) in [4.78, 5) is 0. The third-order valence-electron chi connectivity index (χ3n) is 4.65. The molecule has 3 unspecified atom stereocenters. The first kappa shape index (κ1) is 15.2. The molecular formula is C16H23Cl2N. The molecule has 2 rings (SSSR count). The van der Waals surface area contributed by atoms with Crippen LogP contribution in [0.5, 0.6) is 0 Å². The van der Waals surface area contributed by atoms with E-state index in [1.165, 1.54) is 24.8 Å². The average molecular weight is 300 g/mol. The smallest absolute Gasteiger partial charge is 0.0595 e. The summed E-state index contributed by atoms with van der Waals surface area (Å²) in [6.07, 6.45) is 3.75. The summed E-state index contributed by atoms with van der Waals surface area (Å²) in [5, 5.41) is 1.28. The minimum atomic E-state index is 0.529. The van der Waals surface area contributed by atoms with Crippen molar-refractivity contribution in [3.63, 3.8) is 0 Å². The predicted octanol–water partition coefficient (Wildman–Crippen LogP) is 5.11. The summed E-state index contributed by atoms with van der Waals surface area (Å²) >= 11 is 12.2. The molecule has 1 saturated carbocycles. The van der Waals surface area contributed by atoms with Crippen molar-refractivity contribution >= 4 is 23.2 Å². The maximum atomic E-state index is 6.16. The van der Waals surface area contributed by atoms with Gasteiger partial charge in [-0.25, -0.2) is 0 Å². The standard InChI is InChI=1S/C16H23Cl2N/c1-10(2)11-3-4-13(9-19)14(7-11)12-5-6-15(17)16(18)8-12/h5-6,8,10-11,13-14H,3-4,7,9,19H2,1-2H3. The van der Waals surface area contributed by atoms with Gasteiger partial charge >= 0.3 is 0 Å². The molecule has 0 spiro atoms. The van der Waals surface area contributed by atoms with Crippen molar-refractivity contribution in [2.75, 3.05) is 6.54 Å². The number of benzene rings is 1. The lowest BCUT2D eigenvalue weighted by Crippen LogP contribution is -2.30. The highest BCUT2D eigenvalue weighted by Gasteiger charge is 2.32. The van der Waals surface area contributed by atoms with E-state index < -0.39 is 0 Å². The molecule has 1 aliphatic carbocycles. The van der Waals surface area contributed by atoms with Crippen LogP contribution in [-0.2, 0) is 0 Å². The van der Waals surface area contributed by atoms with Crippen molar-refractivity contribution < 1.29 is 0 Å². The molecular weight excluding hydrogens is 277 g/mol. The quantitative estimate of drug-likeness (QED) is 0.825. The lowest BCUT2D eigenvalue weighted by atomic mass is 9.68. The zero-order chi connectivity index (χ0) is 14.0. The molecule has 1 aliphatic rings. The lowest BCUT2D eigenvalue weighted by Gasteiger charge is -2.38. The number of rotatable bonds is 3. The van der Waals surface area contributed by atoms with Gasteiger partial charge in [0.2, 0.25) is 0 Å². The highest BCUT2D eigenvalue weighted by Crippen LogP contribution is 2.43. The van der Waals surface area contributed by atoms with Gasteiger partial charge in [0, 0.05) is 0 Å². The minimum Gasteiger partial charge on any atom is -0.330 e. The van der Waals surface area contributed by atoms with E-state index in [-0.39, 0.29) is 0 Å². The van der Waals surface area contributed by atoms with Crippen LogP contribution in [0.2, 0.25) is 10.0 Å². The molecule has 1 aromatic rings. The van der Waals surface area contributed by atoms with Gasteiger partial charge in [-0.15, -0.1) is 0 Å². The van der Waals surface area contributed by atoms with Gasteiger partial charge in [-0.3, -0.25) is 0 Å². The molecule has 0 aromatic heterocycles. The third-order valence-corrected chi connectivity index (χ3v) is 5.39. The van der Waals surface area contributed by atoms with Crippen LogP contribution in [-0.4, -0.2) is 6.54 Å². The van der Waals surface area contributed by atoms with Crippen LogP contribution < -0.4 is 5.73 Å². The molecule has 1 nitrogen and oxygen atoms in total. The van der Waals surface area contributed by atoms with Gasteiger partial charge in [0.15, 0.2) is 0 Å². The van der Waals surface area contributed by atoms with Gasteiger partial charge < -0.3 is 5.73 Å². The van der Waals surface area contributed by atoms with Crippen LogP contribution in [0.25, 0.3) is 0 Å². The summed E-state index contributed by atoms with van der Waals surface area (Å²) in [6.45, 7) is 5.40. The van der Waals surface area contributed by atoms with Crippen molar-refractivity contribution in [3.05, 3.63) is 33.8 Å². The van der Waals surface area contributed by atoms with Gasteiger partial charge in [0.05, 0.1) is 10.0 Å². The monoisotopic (exact) mass is 299 g/mol. The Balaban J connectivity index is 2.24. The molecule has 0 amide bonds. The van der Waals surface area contributed by atoms with E-state index in [4.69, 9.17) is 28.9 Å². The summed E-state index contributed by atoms with van der Waals surface area (Å²) in [5.74, 6) is 2.64. The molecule has 19 heavy (non-hydrogen) atoms. The summed E-state index contributed by atoms with van der Waals surface area (Å²) in [7, 11) is 0. The van der Waals surface area contributed by atoms with E-state index in [0.717, 1.165) is 18.4 Å². The topological polar surface area (TPSA) is 26.0 Å². The van der Waals surface area contributed by atoms with Crippen LogP contribution in [0.15, 0.2) is 18.2 Å². The molecule has 0 aliphatic heterocycles. The van der Waals surface area contributed by atoms with Crippen LogP contribution in [0.3, 0.4) is 0 Å². The summed E-state index contributed by atoms with van der Waals surface area (Å²) in [6, 6.07) is 6.05. The van der Waals surface area contributed by atoms with Crippen molar-refractivity contribution in [3.8, 4) is 0 Å². The second-order valence-electron chi connectivity index (χ2n) is 6.09. The Hall–Kier alpha value is -0.240. The molecule has 3 heteroatoms. The number of hydrogen-bond donors (Lipinski definition) is 1. The largest absolute Gasteiger partial charge is 0.330 e. The maximum absolute atomic E-state index is 6.16. The first-order valence-corrected chi connectivity index (χ1v) is 7.93. The van der Waals surface area contributed by atoms with Crippen LogP contribution in [0.4, 0.5) is 0 Å². The normalized spacial score (nSPS) is 27.8. The average Bonchev–Trinajstić information content (AvgIpc) is 2.41. The molecule has 0 heterocycles. The second kappa shape index (κ2) is 6.47. The Morgan fingerprint density at radius 3 is 2.53 bits per heavy atom. The Morgan fingerprint density at radius 2 is 1.95 bits per heavy atom. The minimum absolute atomic E-state index is 0.529. The molecule has 0 radical (unpaired) electrons. The number of halogens is 2. The van der Waals surface area contributed by atoms with Gasteiger partial charge in [0.25, 0.3) is 0 Å². The van der Waals surface area contributed by atoms with E-state index in [9.17, 15) is 0 Å². The van der Waals surface area contributed by atoms with Crippen LogP contribution in [0, 0.1) is 17.8 Å². The van der Waals surface area contributed by atoms with Crippen molar-refractivity contribution in [1.29, 1.82) is 0 Å². The van der Waals surface area contributed by atoms with E-state index in [0.29, 0.717) is 21.9 Å². The molecule has 0 bridgehead atoms. The van der Waals surface area contributed by atoms with Crippen LogP contribution >= 0.6 is 23.2 Å². The van der Waals surface area contributed by atoms with Gasteiger partial charge in [-0.05, 0) is 67.2 Å². The Morgan fingerprint density at radius 1 is 1.21 bits per heavy atom. The van der Waals surface area contributed by atoms with E-state index in [1.807, 2.05) is 12.1 Å². The molecule has 1 fully saturated rings. The zero-order valence-electron chi connectivity index (χ0n) is 11.7. The van der Waals surface area contributed by atoms with Crippen molar-refractivity contribution in [2.45, 2.75) is 39.0 Å². The van der Waals surface area contributed by atoms with Gasteiger partial charge in [-0.2, -0.15) is 0 Å². The fourth-order valence-electron chi connectivity index (χ4n) is 3.30.